The lowest BCUT2D eigenvalue weighted by atomic mass is 10.1. The number of hydrogen-bond acceptors (Lipinski definition) is 3. The highest BCUT2D eigenvalue weighted by molar-refractivity contribution is 7.99. The van der Waals surface area contributed by atoms with Gasteiger partial charge in [0.1, 0.15) is 0 Å². The molecule has 0 unspecified atom stereocenters. The number of amides is 1. The van der Waals surface area contributed by atoms with E-state index < -0.39 is 0 Å². The molecule has 0 aromatic heterocycles. The molecule has 0 heterocycles. The maximum Gasteiger partial charge on any atom is 0.234 e. The average Bonchev–Trinajstić information content (AvgIpc) is 2.56. The predicted molar refractivity (Wildman–Crippen MR) is 110 cm³/mol. The van der Waals surface area contributed by atoms with Crippen molar-refractivity contribution in [3.8, 4) is 0 Å². The van der Waals surface area contributed by atoms with Gasteiger partial charge in [0.25, 0.3) is 0 Å². The molecule has 25 heavy (non-hydrogen) atoms. The van der Waals surface area contributed by atoms with Crippen molar-refractivity contribution in [1.29, 1.82) is 0 Å². The summed E-state index contributed by atoms with van der Waals surface area (Å²) in [6.45, 7) is 1.01. The van der Waals surface area contributed by atoms with Crippen LogP contribution >= 0.6 is 35.0 Å². The molecule has 0 saturated carbocycles. The van der Waals surface area contributed by atoms with E-state index in [9.17, 15) is 4.79 Å². The van der Waals surface area contributed by atoms with Crippen molar-refractivity contribution in [2.45, 2.75) is 12.2 Å². The van der Waals surface area contributed by atoms with Crippen molar-refractivity contribution in [2.75, 3.05) is 31.7 Å². The Balaban J connectivity index is 1.76. The zero-order chi connectivity index (χ0) is 18.2. The number of hydrogen-bond donors (Lipinski definition) is 1. The van der Waals surface area contributed by atoms with Crippen LogP contribution in [-0.4, -0.2) is 37.2 Å². The third-order valence-electron chi connectivity index (χ3n) is 3.59. The Labute approximate surface area is 163 Å². The SMILES string of the molecule is CN(C)CCc1ccc(NC(=O)CSCc2ccc(Cl)cc2Cl)cc1. The molecule has 0 bridgehead atoms. The number of thioether (sulfide) groups is 1. The monoisotopic (exact) mass is 396 g/mol. The molecule has 0 fully saturated rings. The number of nitrogens with one attached hydrogen (secondary N) is 1. The third kappa shape index (κ3) is 7.28. The minimum Gasteiger partial charge on any atom is -0.325 e. The van der Waals surface area contributed by atoms with Gasteiger partial charge in [-0.1, -0.05) is 41.4 Å². The van der Waals surface area contributed by atoms with E-state index in [1.807, 2.05) is 18.2 Å². The Morgan fingerprint density at radius 3 is 2.48 bits per heavy atom. The number of benzene rings is 2. The van der Waals surface area contributed by atoms with E-state index in [0.717, 1.165) is 24.2 Å². The van der Waals surface area contributed by atoms with Gasteiger partial charge < -0.3 is 10.2 Å². The maximum absolute atomic E-state index is 12.0. The second-order valence-corrected chi connectivity index (χ2v) is 7.86. The molecule has 0 aliphatic heterocycles. The summed E-state index contributed by atoms with van der Waals surface area (Å²) < 4.78 is 0. The summed E-state index contributed by atoms with van der Waals surface area (Å²) in [5.74, 6) is 1.03. The molecule has 3 nitrogen and oxygen atoms in total. The van der Waals surface area contributed by atoms with E-state index in [-0.39, 0.29) is 5.91 Å². The van der Waals surface area contributed by atoms with Crippen LogP contribution < -0.4 is 5.32 Å². The van der Waals surface area contributed by atoms with Crippen molar-refractivity contribution in [1.82, 2.24) is 4.90 Å². The van der Waals surface area contributed by atoms with Crippen molar-refractivity contribution < 1.29 is 4.79 Å². The Bertz CT molecular complexity index is 705. The smallest absolute Gasteiger partial charge is 0.234 e. The van der Waals surface area contributed by atoms with Gasteiger partial charge in [0.2, 0.25) is 5.91 Å². The lowest BCUT2D eigenvalue weighted by Crippen LogP contribution is -2.15. The molecule has 0 aliphatic rings. The quantitative estimate of drug-likeness (QED) is 0.683. The third-order valence-corrected chi connectivity index (χ3v) is 5.16. The Morgan fingerprint density at radius 2 is 1.84 bits per heavy atom. The lowest BCUT2D eigenvalue weighted by molar-refractivity contribution is -0.113. The summed E-state index contributed by atoms with van der Waals surface area (Å²) in [6, 6.07) is 13.4. The normalized spacial score (nSPS) is 10.9. The molecule has 2 aromatic carbocycles. The second-order valence-electron chi connectivity index (χ2n) is 6.03. The first-order valence-electron chi connectivity index (χ1n) is 7.99. The van der Waals surface area contributed by atoms with Crippen LogP contribution in [0.4, 0.5) is 5.69 Å². The number of rotatable bonds is 8. The second kappa shape index (κ2) is 10.1. The highest BCUT2D eigenvalue weighted by Crippen LogP contribution is 2.24. The Kier molecular flexibility index (Phi) is 8.10. The van der Waals surface area contributed by atoms with E-state index >= 15 is 0 Å². The summed E-state index contributed by atoms with van der Waals surface area (Å²) in [5.41, 5.74) is 3.07. The van der Waals surface area contributed by atoms with E-state index in [2.05, 4.69) is 36.4 Å². The molecule has 134 valence electrons. The molecule has 0 spiro atoms. The fourth-order valence-corrected chi connectivity index (χ4v) is 3.58. The van der Waals surface area contributed by atoms with Crippen molar-refractivity contribution in [3.63, 3.8) is 0 Å². The number of anilines is 1. The first kappa shape index (κ1) is 20.1. The highest BCUT2D eigenvalue weighted by Gasteiger charge is 2.06. The fourth-order valence-electron chi connectivity index (χ4n) is 2.20. The van der Waals surface area contributed by atoms with Gasteiger partial charge in [-0.25, -0.2) is 0 Å². The van der Waals surface area contributed by atoms with Gasteiger partial charge in [0.05, 0.1) is 5.75 Å². The fraction of sp³-hybridized carbons (Fsp3) is 0.316. The van der Waals surface area contributed by atoms with E-state index in [1.54, 1.807) is 12.1 Å². The molecule has 0 atom stereocenters. The zero-order valence-electron chi connectivity index (χ0n) is 14.4. The Hall–Kier alpha value is -1.20. The maximum atomic E-state index is 12.0. The molecule has 0 saturated heterocycles. The molecular formula is C19H22Cl2N2OS. The summed E-state index contributed by atoms with van der Waals surface area (Å²) >= 11 is 13.5. The van der Waals surface area contributed by atoms with Gasteiger partial charge in [-0.3, -0.25) is 4.79 Å². The number of likely N-dealkylation sites (N-methyl/N-ethyl adjacent to an activating group) is 1. The van der Waals surface area contributed by atoms with Crippen LogP contribution in [0.5, 0.6) is 0 Å². The van der Waals surface area contributed by atoms with Crippen LogP contribution in [-0.2, 0) is 17.0 Å². The van der Waals surface area contributed by atoms with Crippen LogP contribution in [0.2, 0.25) is 10.0 Å². The molecule has 0 radical (unpaired) electrons. The molecule has 1 N–H and O–H groups in total. The number of carbonyl (C=O) groups excluding carboxylic acids is 1. The lowest BCUT2D eigenvalue weighted by Gasteiger charge is -2.10. The standard InChI is InChI=1S/C19H22Cl2N2OS/c1-23(2)10-9-14-3-7-17(8-4-14)22-19(24)13-25-12-15-5-6-16(20)11-18(15)21/h3-8,11H,9-10,12-13H2,1-2H3,(H,22,24). The topological polar surface area (TPSA) is 32.3 Å². The number of halogens is 2. The van der Waals surface area contributed by atoms with Crippen molar-refractivity contribution >= 4 is 46.6 Å². The molecule has 1 amide bonds. The van der Waals surface area contributed by atoms with Gasteiger partial charge in [-0.15, -0.1) is 11.8 Å². The molecule has 2 aromatic rings. The van der Waals surface area contributed by atoms with Crippen LogP contribution in [0.25, 0.3) is 0 Å². The van der Waals surface area contributed by atoms with Gasteiger partial charge >= 0.3 is 0 Å². The minimum absolute atomic E-state index is 0.0175. The van der Waals surface area contributed by atoms with Gasteiger partial charge in [-0.05, 0) is 55.9 Å². The van der Waals surface area contributed by atoms with Gasteiger partial charge in [0.15, 0.2) is 0 Å². The molecule has 6 heteroatoms. The summed E-state index contributed by atoms with van der Waals surface area (Å²) in [7, 11) is 4.12. The summed E-state index contributed by atoms with van der Waals surface area (Å²) in [5, 5.41) is 4.17. The van der Waals surface area contributed by atoms with Crippen LogP contribution in [0, 0.1) is 0 Å². The van der Waals surface area contributed by atoms with E-state index in [0.29, 0.717) is 21.6 Å². The van der Waals surface area contributed by atoms with Crippen LogP contribution in [0.3, 0.4) is 0 Å². The van der Waals surface area contributed by atoms with Crippen LogP contribution in [0.1, 0.15) is 11.1 Å². The van der Waals surface area contributed by atoms with E-state index in [1.165, 1.54) is 17.3 Å². The summed E-state index contributed by atoms with van der Waals surface area (Å²) in [6.07, 6.45) is 0.999. The molecular weight excluding hydrogens is 375 g/mol. The summed E-state index contributed by atoms with van der Waals surface area (Å²) in [4.78, 5) is 14.2. The first-order chi connectivity index (χ1) is 11.9. The zero-order valence-corrected chi connectivity index (χ0v) is 16.7. The molecule has 2 rings (SSSR count). The van der Waals surface area contributed by atoms with Crippen LogP contribution in [0.15, 0.2) is 42.5 Å². The first-order valence-corrected chi connectivity index (χ1v) is 9.90. The Morgan fingerprint density at radius 1 is 1.12 bits per heavy atom. The largest absolute Gasteiger partial charge is 0.325 e. The molecule has 0 aliphatic carbocycles. The van der Waals surface area contributed by atoms with Crippen molar-refractivity contribution in [2.24, 2.45) is 0 Å². The number of carbonyl (C=O) groups is 1. The predicted octanol–water partition coefficient (Wildman–Crippen LogP) is 4.97. The average molecular weight is 397 g/mol. The van der Waals surface area contributed by atoms with Crippen molar-refractivity contribution in [3.05, 3.63) is 63.6 Å². The van der Waals surface area contributed by atoms with Gasteiger partial charge in [0, 0.05) is 28.0 Å². The minimum atomic E-state index is -0.0175. The number of nitrogens with zero attached hydrogens (tertiary/aromatic N) is 1. The highest BCUT2D eigenvalue weighted by atomic mass is 35.5. The van der Waals surface area contributed by atoms with Gasteiger partial charge in [-0.2, -0.15) is 0 Å². The van der Waals surface area contributed by atoms with E-state index in [4.69, 9.17) is 23.2 Å².